The first kappa shape index (κ1) is 28.0. The van der Waals surface area contributed by atoms with Crippen LogP contribution in [0.2, 0.25) is 0 Å². The largest absolute Gasteiger partial charge is 0.365 e. The lowest BCUT2D eigenvalue weighted by Crippen LogP contribution is -2.58. The van der Waals surface area contributed by atoms with Crippen LogP contribution >= 0.6 is 11.6 Å². The Morgan fingerprint density at radius 2 is 2.00 bits per heavy atom. The Labute approximate surface area is 214 Å². The number of hydrogen-bond donors (Lipinski definition) is 2. The van der Waals surface area contributed by atoms with Gasteiger partial charge in [-0.15, -0.1) is 0 Å². The highest BCUT2D eigenvalue weighted by Crippen LogP contribution is 2.31. The van der Waals surface area contributed by atoms with E-state index in [1.807, 2.05) is 11.8 Å². The van der Waals surface area contributed by atoms with Crippen LogP contribution in [0.3, 0.4) is 0 Å². The van der Waals surface area contributed by atoms with E-state index in [0.29, 0.717) is 25.3 Å². The Hall–Kier alpha value is -2.53. The first-order valence-electron chi connectivity index (χ1n) is 11.9. The van der Waals surface area contributed by atoms with Crippen molar-refractivity contribution in [3.63, 3.8) is 0 Å². The number of carbonyl (C=O) groups excluding carboxylic acids is 3. The Morgan fingerprint density at radius 1 is 1.31 bits per heavy atom. The van der Waals surface area contributed by atoms with Gasteiger partial charge in [0.15, 0.2) is 0 Å². The fourth-order valence-electron chi connectivity index (χ4n) is 5.17. The zero-order valence-corrected chi connectivity index (χ0v) is 21.5. The van der Waals surface area contributed by atoms with Crippen molar-refractivity contribution in [2.45, 2.75) is 51.1 Å². The number of likely N-dealkylation sites (tertiary alicyclic amines) is 1. The zero-order valence-electron chi connectivity index (χ0n) is 20.8. The topological polar surface area (TPSA) is 85.0 Å². The summed E-state index contributed by atoms with van der Waals surface area (Å²) >= 11 is 5.92. The van der Waals surface area contributed by atoms with Crippen LogP contribution in [-0.4, -0.2) is 89.3 Å². The number of halogens is 4. The standard InChI is InChI=1S/C24H33ClF3N5O3/c1-5-18(10-19(25)17(4)26)33-9-8-32(12-16(33)3)20(34)15(2)11-23(21(35)29-22(36)30-23)13-31-7-6-24(27,28)14-31/h5,10,15-16H,4,6-9,11-14H2,1-3H3,(H2,29,30,35,36)/b18-5+,19-10+/t15?,16-,23?/m0/s1. The summed E-state index contributed by atoms with van der Waals surface area (Å²) in [5.41, 5.74) is -0.757. The van der Waals surface area contributed by atoms with Gasteiger partial charge in [0.25, 0.3) is 11.8 Å². The summed E-state index contributed by atoms with van der Waals surface area (Å²) in [5, 5.41) is 4.69. The summed E-state index contributed by atoms with van der Waals surface area (Å²) in [6.07, 6.45) is 2.96. The van der Waals surface area contributed by atoms with E-state index in [1.165, 1.54) is 11.0 Å². The molecule has 3 aliphatic heterocycles. The number of amides is 4. The van der Waals surface area contributed by atoms with Crippen LogP contribution in [0.1, 0.15) is 33.6 Å². The van der Waals surface area contributed by atoms with Crippen molar-refractivity contribution >= 4 is 29.4 Å². The molecule has 3 saturated heterocycles. The van der Waals surface area contributed by atoms with Crippen LogP contribution in [0, 0.1) is 5.92 Å². The summed E-state index contributed by atoms with van der Waals surface area (Å²) in [6.45, 7) is 9.35. The molecule has 8 nitrogen and oxygen atoms in total. The normalized spacial score (nSPS) is 28.2. The Kier molecular flexibility index (Phi) is 8.44. The average molecular weight is 532 g/mol. The number of allylic oxidation sites excluding steroid dienone is 4. The molecule has 0 bridgehead atoms. The van der Waals surface area contributed by atoms with Gasteiger partial charge in [-0.3, -0.25) is 19.8 Å². The van der Waals surface area contributed by atoms with Gasteiger partial charge in [0.05, 0.1) is 11.6 Å². The molecule has 3 rings (SSSR count). The lowest BCUT2D eigenvalue weighted by Gasteiger charge is -2.43. The van der Waals surface area contributed by atoms with Crippen LogP contribution < -0.4 is 10.6 Å². The van der Waals surface area contributed by atoms with E-state index in [-0.39, 0.29) is 42.9 Å². The summed E-state index contributed by atoms with van der Waals surface area (Å²) in [4.78, 5) is 43.2. The third-order valence-electron chi connectivity index (χ3n) is 6.93. The van der Waals surface area contributed by atoms with Gasteiger partial charge in [0.2, 0.25) is 5.91 Å². The van der Waals surface area contributed by atoms with Crippen molar-refractivity contribution in [3.8, 4) is 0 Å². The third-order valence-corrected chi connectivity index (χ3v) is 7.25. The van der Waals surface area contributed by atoms with Crippen molar-refractivity contribution in [1.82, 2.24) is 25.3 Å². The lowest BCUT2D eigenvalue weighted by atomic mass is 9.86. The van der Waals surface area contributed by atoms with Gasteiger partial charge < -0.3 is 15.1 Å². The predicted molar refractivity (Wildman–Crippen MR) is 130 cm³/mol. The highest BCUT2D eigenvalue weighted by Gasteiger charge is 2.51. The summed E-state index contributed by atoms with van der Waals surface area (Å²) in [5.74, 6) is -5.05. The van der Waals surface area contributed by atoms with Gasteiger partial charge in [-0.1, -0.05) is 31.2 Å². The minimum absolute atomic E-state index is 0.0167. The highest BCUT2D eigenvalue weighted by atomic mass is 35.5. The predicted octanol–water partition coefficient (Wildman–Crippen LogP) is 2.97. The number of imide groups is 1. The summed E-state index contributed by atoms with van der Waals surface area (Å²) in [6, 6.07) is -0.806. The Bertz CT molecular complexity index is 988. The van der Waals surface area contributed by atoms with E-state index in [0.717, 1.165) is 0 Å². The molecule has 2 N–H and O–H groups in total. The first-order chi connectivity index (χ1) is 16.8. The van der Waals surface area contributed by atoms with Crippen molar-refractivity contribution in [3.05, 3.63) is 35.3 Å². The molecule has 12 heteroatoms. The molecule has 3 heterocycles. The Balaban J connectivity index is 1.67. The molecular formula is C24H33ClF3N5O3. The monoisotopic (exact) mass is 531 g/mol. The van der Waals surface area contributed by atoms with E-state index in [9.17, 15) is 27.6 Å². The van der Waals surface area contributed by atoms with Crippen molar-refractivity contribution in [1.29, 1.82) is 0 Å². The fourth-order valence-corrected chi connectivity index (χ4v) is 5.29. The smallest absolute Gasteiger partial charge is 0.322 e. The van der Waals surface area contributed by atoms with Crippen LogP contribution in [0.4, 0.5) is 18.0 Å². The van der Waals surface area contributed by atoms with Gasteiger partial charge >= 0.3 is 6.03 Å². The number of urea groups is 1. The molecule has 0 radical (unpaired) electrons. The minimum Gasteiger partial charge on any atom is -0.365 e. The van der Waals surface area contributed by atoms with E-state index in [1.54, 1.807) is 24.8 Å². The molecule has 2 unspecified atom stereocenters. The maximum absolute atomic E-state index is 13.7. The van der Waals surface area contributed by atoms with Gasteiger partial charge in [0.1, 0.15) is 11.4 Å². The second-order valence-electron chi connectivity index (χ2n) is 9.85. The lowest BCUT2D eigenvalue weighted by molar-refractivity contribution is -0.139. The Morgan fingerprint density at radius 3 is 2.50 bits per heavy atom. The van der Waals surface area contributed by atoms with Crippen molar-refractivity contribution < 1.29 is 27.6 Å². The molecule has 0 aromatic rings. The third kappa shape index (κ3) is 6.23. The van der Waals surface area contributed by atoms with Crippen LogP contribution in [0.15, 0.2) is 35.3 Å². The van der Waals surface area contributed by atoms with E-state index in [2.05, 4.69) is 17.2 Å². The molecule has 0 saturated carbocycles. The fraction of sp³-hybridized carbons (Fsp3) is 0.625. The van der Waals surface area contributed by atoms with Crippen LogP contribution in [-0.2, 0) is 9.59 Å². The molecule has 0 aromatic carbocycles. The van der Waals surface area contributed by atoms with E-state index >= 15 is 0 Å². The maximum Gasteiger partial charge on any atom is 0.322 e. The quantitative estimate of drug-likeness (QED) is 0.372. The molecule has 36 heavy (non-hydrogen) atoms. The second-order valence-corrected chi connectivity index (χ2v) is 10.3. The maximum atomic E-state index is 13.7. The molecule has 0 aromatic heterocycles. The van der Waals surface area contributed by atoms with E-state index < -0.39 is 41.7 Å². The number of piperazine rings is 1. The first-order valence-corrected chi connectivity index (χ1v) is 12.3. The number of carbonyl (C=O) groups is 3. The number of nitrogens with one attached hydrogen (secondary N) is 2. The van der Waals surface area contributed by atoms with E-state index in [4.69, 9.17) is 11.6 Å². The number of nitrogens with zero attached hydrogens (tertiary/aromatic N) is 3. The molecule has 4 amide bonds. The molecule has 0 aliphatic carbocycles. The SMILES string of the molecule is C=C(F)/C(Cl)=C\C(=C/C)N1CCN(C(=O)C(C)CC2(CN3CCC(F)(F)C3)NC(=O)NC2=O)C[C@@H]1C. The summed E-state index contributed by atoms with van der Waals surface area (Å²) in [7, 11) is 0. The summed E-state index contributed by atoms with van der Waals surface area (Å²) < 4.78 is 40.8. The van der Waals surface area contributed by atoms with Crippen molar-refractivity contribution in [2.75, 3.05) is 39.3 Å². The number of rotatable bonds is 8. The molecular weight excluding hydrogens is 499 g/mol. The molecule has 3 fully saturated rings. The molecule has 3 aliphatic rings. The zero-order chi connectivity index (χ0) is 26.8. The molecule has 3 atom stereocenters. The molecule has 0 spiro atoms. The van der Waals surface area contributed by atoms with Gasteiger partial charge in [-0.2, -0.15) is 0 Å². The number of hydrogen-bond acceptors (Lipinski definition) is 5. The molecule has 200 valence electrons. The van der Waals surface area contributed by atoms with Gasteiger partial charge in [0, 0.05) is 56.8 Å². The van der Waals surface area contributed by atoms with Crippen LogP contribution in [0.5, 0.6) is 0 Å². The number of alkyl halides is 2. The van der Waals surface area contributed by atoms with Gasteiger partial charge in [-0.25, -0.2) is 18.0 Å². The van der Waals surface area contributed by atoms with Crippen LogP contribution in [0.25, 0.3) is 0 Å². The van der Waals surface area contributed by atoms with Crippen molar-refractivity contribution in [2.24, 2.45) is 5.92 Å². The van der Waals surface area contributed by atoms with Gasteiger partial charge in [-0.05, 0) is 26.3 Å². The average Bonchev–Trinajstić information content (AvgIpc) is 3.27. The highest BCUT2D eigenvalue weighted by molar-refractivity contribution is 6.31. The second kappa shape index (κ2) is 10.8. The minimum atomic E-state index is -2.85.